The van der Waals surface area contributed by atoms with Gasteiger partial charge in [0.25, 0.3) is 20.2 Å². The minimum absolute atomic E-state index is 0. The van der Waals surface area contributed by atoms with Crippen LogP contribution >= 0.6 is 0 Å². The van der Waals surface area contributed by atoms with E-state index in [2.05, 4.69) is 0 Å². The predicted molar refractivity (Wildman–Crippen MR) is 89.8 cm³/mol. The molecule has 0 saturated heterocycles. The van der Waals surface area contributed by atoms with Gasteiger partial charge in [-0.2, -0.15) is 16.8 Å². The fraction of sp³-hybridized carbons (Fsp3) is 0. The SMILES string of the molecule is O=C(O)c1cc(S(=O)(=O)O)ccc1O.O=C(O)c1cc(S(=O)(=O)O)ccc1O.[Ni]. The van der Waals surface area contributed by atoms with E-state index in [0.717, 1.165) is 24.3 Å². The average molecular weight is 495 g/mol. The molecule has 0 aliphatic heterocycles. The van der Waals surface area contributed by atoms with Crippen molar-refractivity contribution < 1.29 is 72.4 Å². The minimum Gasteiger partial charge on any atom is -0.507 e. The summed E-state index contributed by atoms with van der Waals surface area (Å²) in [6.45, 7) is 0. The van der Waals surface area contributed by atoms with Gasteiger partial charge in [-0.05, 0) is 36.4 Å². The number of aromatic hydroxyl groups is 2. The molecule has 0 amide bonds. The Morgan fingerprint density at radius 1 is 0.655 bits per heavy atom. The summed E-state index contributed by atoms with van der Waals surface area (Å²) < 4.78 is 59.6. The third-order valence-electron chi connectivity index (χ3n) is 2.99. The zero-order valence-electron chi connectivity index (χ0n) is 13.7. The summed E-state index contributed by atoms with van der Waals surface area (Å²) in [6, 6.07) is 4.91. The van der Waals surface area contributed by atoms with Crippen LogP contribution in [-0.4, -0.2) is 58.3 Å². The van der Waals surface area contributed by atoms with Crippen LogP contribution in [0.5, 0.6) is 11.5 Å². The zero-order valence-corrected chi connectivity index (χ0v) is 16.4. The van der Waals surface area contributed by atoms with Crippen molar-refractivity contribution in [3.8, 4) is 11.5 Å². The Kier molecular flexibility index (Phi) is 8.77. The Morgan fingerprint density at radius 3 is 1.14 bits per heavy atom. The first-order valence-electron chi connectivity index (χ1n) is 6.72. The number of rotatable bonds is 4. The molecule has 29 heavy (non-hydrogen) atoms. The Hall–Kier alpha value is -2.71. The van der Waals surface area contributed by atoms with Crippen LogP contribution in [0, 0.1) is 0 Å². The van der Waals surface area contributed by atoms with Gasteiger partial charge in [0.15, 0.2) is 0 Å². The molecule has 2 aromatic carbocycles. The van der Waals surface area contributed by atoms with Crippen LogP contribution in [0.15, 0.2) is 46.2 Å². The normalized spacial score (nSPS) is 10.8. The third kappa shape index (κ3) is 7.32. The summed E-state index contributed by atoms with van der Waals surface area (Å²) in [7, 11) is -8.90. The molecule has 0 aliphatic carbocycles. The van der Waals surface area contributed by atoms with Crippen LogP contribution in [0.4, 0.5) is 0 Å². The van der Waals surface area contributed by atoms with Crippen molar-refractivity contribution in [2.24, 2.45) is 0 Å². The first-order valence-corrected chi connectivity index (χ1v) is 9.60. The number of carbonyl (C=O) groups is 2. The van der Waals surface area contributed by atoms with E-state index in [9.17, 15) is 26.4 Å². The summed E-state index contributed by atoms with van der Waals surface area (Å²) in [5, 5.41) is 35.1. The van der Waals surface area contributed by atoms with Crippen molar-refractivity contribution in [1.82, 2.24) is 0 Å². The molecule has 0 unspecified atom stereocenters. The van der Waals surface area contributed by atoms with E-state index < -0.39 is 64.6 Å². The first-order chi connectivity index (χ1) is 12.6. The summed E-state index contributed by atoms with van der Waals surface area (Å²) >= 11 is 0. The molecule has 2 aromatic rings. The molecule has 0 heterocycles. The third-order valence-corrected chi connectivity index (χ3v) is 4.69. The van der Waals surface area contributed by atoms with Gasteiger partial charge in [-0.1, -0.05) is 0 Å². The molecule has 2 rings (SSSR count). The Morgan fingerprint density at radius 2 is 0.931 bits per heavy atom. The Balaban J connectivity index is 0.000000523. The summed E-state index contributed by atoms with van der Waals surface area (Å²) in [5.41, 5.74) is -1.17. The molecule has 0 aliphatic rings. The van der Waals surface area contributed by atoms with Gasteiger partial charge in [0.1, 0.15) is 22.6 Å². The molecule has 0 radical (unpaired) electrons. The van der Waals surface area contributed by atoms with Crippen molar-refractivity contribution in [1.29, 1.82) is 0 Å². The number of benzene rings is 2. The van der Waals surface area contributed by atoms with Crippen LogP contribution in [0.1, 0.15) is 20.7 Å². The Labute approximate surface area is 173 Å². The molecule has 15 heteroatoms. The van der Waals surface area contributed by atoms with Crippen LogP contribution in [0.3, 0.4) is 0 Å². The number of carboxylic acids is 2. The molecule has 6 N–H and O–H groups in total. The number of carboxylic acid groups (broad SMARTS) is 2. The van der Waals surface area contributed by atoms with Crippen LogP contribution in [-0.2, 0) is 36.7 Å². The van der Waals surface area contributed by atoms with Crippen molar-refractivity contribution in [2.75, 3.05) is 0 Å². The van der Waals surface area contributed by atoms with Crippen LogP contribution < -0.4 is 0 Å². The van der Waals surface area contributed by atoms with Gasteiger partial charge >= 0.3 is 11.9 Å². The zero-order chi connectivity index (χ0) is 21.9. The van der Waals surface area contributed by atoms with E-state index in [1.807, 2.05) is 0 Å². The van der Waals surface area contributed by atoms with Crippen molar-refractivity contribution >= 4 is 32.2 Å². The number of phenols is 2. The van der Waals surface area contributed by atoms with Crippen molar-refractivity contribution in [3.05, 3.63) is 47.5 Å². The van der Waals surface area contributed by atoms with Gasteiger partial charge in [0.2, 0.25) is 0 Å². The molecule has 0 fully saturated rings. The predicted octanol–water partition coefficient (Wildman–Crippen LogP) is 0.672. The maximum Gasteiger partial charge on any atom is 0.339 e. The topological polar surface area (TPSA) is 224 Å². The standard InChI is InChI=1S/2C7H6O6S.Ni/c2*8-6-2-1-4(14(11,12)13)3-5(6)7(9)10;/h2*1-3,8H,(H,9,10)(H,11,12,13);. The van der Waals surface area contributed by atoms with E-state index >= 15 is 0 Å². The van der Waals surface area contributed by atoms with Gasteiger partial charge in [0, 0.05) is 16.5 Å². The van der Waals surface area contributed by atoms with Crippen LogP contribution in [0.25, 0.3) is 0 Å². The largest absolute Gasteiger partial charge is 0.507 e. The van der Waals surface area contributed by atoms with Crippen LogP contribution in [0.2, 0.25) is 0 Å². The average Bonchev–Trinajstić information content (AvgIpc) is 2.53. The van der Waals surface area contributed by atoms with Gasteiger partial charge in [-0.15, -0.1) is 0 Å². The molecule has 0 bridgehead atoms. The van der Waals surface area contributed by atoms with E-state index in [1.54, 1.807) is 0 Å². The minimum atomic E-state index is -4.45. The first kappa shape index (κ1) is 26.3. The second-order valence-corrected chi connectivity index (χ2v) is 7.76. The van der Waals surface area contributed by atoms with Crippen molar-refractivity contribution in [3.63, 3.8) is 0 Å². The molecule has 0 atom stereocenters. The second-order valence-electron chi connectivity index (χ2n) is 4.92. The second kappa shape index (κ2) is 9.67. The van der Waals surface area contributed by atoms with Gasteiger partial charge in [-0.25, -0.2) is 9.59 Å². The number of aromatic carboxylic acids is 2. The van der Waals surface area contributed by atoms with E-state index in [0.29, 0.717) is 12.1 Å². The smallest absolute Gasteiger partial charge is 0.339 e. The molecular formula is C14H12NiO12S2. The monoisotopic (exact) mass is 494 g/mol. The summed E-state index contributed by atoms with van der Waals surface area (Å²) in [4.78, 5) is 19.8. The van der Waals surface area contributed by atoms with Crippen molar-refractivity contribution in [2.45, 2.75) is 9.79 Å². The quantitative estimate of drug-likeness (QED) is 0.254. The van der Waals surface area contributed by atoms with Gasteiger partial charge < -0.3 is 20.4 Å². The summed E-state index contributed by atoms with van der Waals surface area (Å²) in [5.74, 6) is -4.09. The van der Waals surface area contributed by atoms with E-state index in [1.165, 1.54) is 0 Å². The fourth-order valence-corrected chi connectivity index (χ4v) is 2.71. The Bertz CT molecular complexity index is 1050. The fourth-order valence-electron chi connectivity index (χ4n) is 1.69. The molecule has 0 aromatic heterocycles. The number of hydrogen-bond donors (Lipinski definition) is 6. The molecular weight excluding hydrogens is 483 g/mol. The van der Waals surface area contributed by atoms with E-state index in [4.69, 9.17) is 29.5 Å². The molecule has 0 saturated carbocycles. The molecule has 12 nitrogen and oxygen atoms in total. The maximum atomic E-state index is 10.6. The maximum absolute atomic E-state index is 10.6. The van der Waals surface area contributed by atoms with Gasteiger partial charge in [-0.3, -0.25) is 9.11 Å². The van der Waals surface area contributed by atoms with E-state index in [-0.39, 0.29) is 16.5 Å². The number of hydrogen-bond acceptors (Lipinski definition) is 8. The molecule has 162 valence electrons. The summed E-state index contributed by atoms with van der Waals surface area (Å²) in [6.07, 6.45) is 0. The molecule has 0 spiro atoms. The van der Waals surface area contributed by atoms with Gasteiger partial charge in [0.05, 0.1) is 9.79 Å².